The smallest absolute Gasteiger partial charge is 0.341 e. The van der Waals surface area contributed by atoms with Crippen LogP contribution < -0.4 is 10.5 Å². The minimum Gasteiger partial charge on any atom is -0.420 e. The molecule has 0 saturated heterocycles. The van der Waals surface area contributed by atoms with Gasteiger partial charge in [0, 0.05) is 0 Å². The summed E-state index contributed by atoms with van der Waals surface area (Å²) in [5.74, 6) is 0.447. The maximum atomic E-state index is 8.91. The molecule has 2 aromatic rings. The van der Waals surface area contributed by atoms with Gasteiger partial charge in [-0.05, 0) is 47.6 Å². The normalized spacial score (nSPS) is 10.2. The van der Waals surface area contributed by atoms with Crippen molar-refractivity contribution in [1.82, 2.24) is 15.2 Å². The Balaban J connectivity index is 2.37. The number of nitrogen functional groups attached to an aromatic ring is 1. The monoisotopic (exact) mass is 395 g/mol. The fourth-order valence-electron chi connectivity index (χ4n) is 1.84. The topological polar surface area (TPSA) is 97.7 Å². The number of aryl methyl sites for hydroxylation is 2. The second-order valence-electron chi connectivity index (χ2n) is 4.29. The van der Waals surface area contributed by atoms with Crippen molar-refractivity contribution in [2.24, 2.45) is 0 Å². The van der Waals surface area contributed by atoms with Crippen molar-refractivity contribution < 1.29 is 4.74 Å². The maximum Gasteiger partial charge on any atom is 0.341 e. The Bertz CT molecular complexity index is 688. The lowest BCUT2D eigenvalue weighted by Crippen LogP contribution is -2.05. The highest BCUT2D eigenvalue weighted by Crippen LogP contribution is 2.32. The van der Waals surface area contributed by atoms with Crippen LogP contribution >= 0.6 is 22.6 Å². The van der Waals surface area contributed by atoms with Crippen LogP contribution in [0.1, 0.15) is 30.8 Å². The van der Waals surface area contributed by atoms with Gasteiger partial charge in [0.05, 0.1) is 32.3 Å². The number of nitrogens with zero attached hydrogens (tertiary/aromatic N) is 4. The van der Waals surface area contributed by atoms with Gasteiger partial charge in [0.25, 0.3) is 0 Å². The van der Waals surface area contributed by atoms with Crippen molar-refractivity contribution in [3.8, 4) is 17.8 Å². The van der Waals surface area contributed by atoms with E-state index in [1.165, 1.54) is 0 Å². The lowest BCUT2D eigenvalue weighted by Gasteiger charge is -2.10. The van der Waals surface area contributed by atoms with E-state index in [9.17, 15) is 0 Å². The molecule has 0 atom stereocenters. The third-order valence-electron chi connectivity index (χ3n) is 2.88. The van der Waals surface area contributed by atoms with Crippen LogP contribution in [-0.2, 0) is 12.8 Å². The van der Waals surface area contributed by atoms with E-state index in [1.807, 2.05) is 19.9 Å². The number of benzene rings is 1. The highest BCUT2D eigenvalue weighted by Gasteiger charge is 2.13. The van der Waals surface area contributed by atoms with Crippen LogP contribution in [0.15, 0.2) is 12.1 Å². The number of aromatic nitrogens is 3. The van der Waals surface area contributed by atoms with E-state index in [-0.39, 0.29) is 6.01 Å². The van der Waals surface area contributed by atoms with Gasteiger partial charge >= 0.3 is 6.01 Å². The van der Waals surface area contributed by atoms with E-state index in [2.05, 4.69) is 37.8 Å². The summed E-state index contributed by atoms with van der Waals surface area (Å²) in [4.78, 5) is 4.36. The van der Waals surface area contributed by atoms with Gasteiger partial charge in [-0.2, -0.15) is 10.2 Å². The molecule has 2 N–H and O–H groups in total. The van der Waals surface area contributed by atoms with Crippen LogP contribution in [0, 0.1) is 14.9 Å². The molecule has 0 aliphatic rings. The maximum absolute atomic E-state index is 8.91. The number of hydrogen-bond donors (Lipinski definition) is 1. The number of nitriles is 1. The molecule has 0 unspecified atom stereocenters. The number of rotatable bonds is 4. The molecule has 0 fully saturated rings. The first-order valence-corrected chi connectivity index (χ1v) is 7.56. The van der Waals surface area contributed by atoms with E-state index in [4.69, 9.17) is 15.7 Å². The van der Waals surface area contributed by atoms with Gasteiger partial charge in [-0.25, -0.2) is 0 Å². The molecule has 21 heavy (non-hydrogen) atoms. The second kappa shape index (κ2) is 6.67. The van der Waals surface area contributed by atoms with Crippen LogP contribution in [0.4, 0.5) is 5.69 Å². The zero-order chi connectivity index (χ0) is 15.4. The Morgan fingerprint density at radius 3 is 2.52 bits per heavy atom. The average Bonchev–Trinajstić information content (AvgIpc) is 2.50. The largest absolute Gasteiger partial charge is 0.420 e. The minimum absolute atomic E-state index is 0.165. The summed E-state index contributed by atoms with van der Waals surface area (Å²) in [7, 11) is 0. The number of hydrogen-bond acceptors (Lipinski definition) is 6. The molecule has 1 aromatic heterocycles. The fourth-order valence-corrected chi connectivity index (χ4v) is 2.60. The van der Waals surface area contributed by atoms with Gasteiger partial charge in [-0.3, -0.25) is 0 Å². The number of ether oxygens (including phenoxy) is 1. The number of anilines is 1. The van der Waals surface area contributed by atoms with Gasteiger partial charge < -0.3 is 10.5 Å². The van der Waals surface area contributed by atoms with E-state index in [0.29, 0.717) is 17.0 Å². The Labute approximate surface area is 136 Å². The Hall–Kier alpha value is -1.95. The molecule has 1 aromatic carbocycles. The van der Waals surface area contributed by atoms with E-state index in [0.717, 1.165) is 27.8 Å². The molecule has 2 rings (SSSR count). The Morgan fingerprint density at radius 2 is 1.95 bits per heavy atom. The quantitative estimate of drug-likeness (QED) is 0.632. The molecule has 6 nitrogen and oxygen atoms in total. The summed E-state index contributed by atoms with van der Waals surface area (Å²) in [6.07, 6.45) is 1.54. The van der Waals surface area contributed by atoms with Gasteiger partial charge in [0.15, 0.2) is 5.75 Å². The van der Waals surface area contributed by atoms with E-state index in [1.54, 1.807) is 12.1 Å². The SMILES string of the molecule is CCc1nnc(Oc2c(N)cc(C#N)cc2I)nc1CC. The van der Waals surface area contributed by atoms with E-state index >= 15 is 0 Å². The van der Waals surface area contributed by atoms with Crippen LogP contribution in [0.5, 0.6) is 11.8 Å². The van der Waals surface area contributed by atoms with Crippen molar-refractivity contribution in [1.29, 1.82) is 5.26 Å². The summed E-state index contributed by atoms with van der Waals surface area (Å²) in [5.41, 5.74) is 8.51. The van der Waals surface area contributed by atoms with Crippen LogP contribution in [-0.4, -0.2) is 15.2 Å². The third-order valence-corrected chi connectivity index (χ3v) is 3.69. The Morgan fingerprint density at radius 1 is 1.24 bits per heavy atom. The van der Waals surface area contributed by atoms with Gasteiger partial charge in [-0.1, -0.05) is 18.9 Å². The first kappa shape index (κ1) is 15.4. The summed E-state index contributed by atoms with van der Waals surface area (Å²) in [6.45, 7) is 4.01. The highest BCUT2D eigenvalue weighted by molar-refractivity contribution is 14.1. The number of halogens is 1. The van der Waals surface area contributed by atoms with Crippen LogP contribution in [0.25, 0.3) is 0 Å². The molecule has 0 radical (unpaired) electrons. The molecule has 0 aliphatic heterocycles. The molecular weight excluding hydrogens is 381 g/mol. The average molecular weight is 395 g/mol. The van der Waals surface area contributed by atoms with Gasteiger partial charge in [0.1, 0.15) is 0 Å². The molecule has 1 heterocycles. The first-order valence-electron chi connectivity index (χ1n) is 6.48. The van der Waals surface area contributed by atoms with E-state index < -0.39 is 0 Å². The molecule has 0 spiro atoms. The predicted molar refractivity (Wildman–Crippen MR) is 86.9 cm³/mol. The van der Waals surface area contributed by atoms with Crippen LogP contribution in [0.2, 0.25) is 0 Å². The van der Waals surface area contributed by atoms with Gasteiger partial charge in [0.2, 0.25) is 0 Å². The summed E-state index contributed by atoms with van der Waals surface area (Å²) in [6, 6.07) is 5.47. The van der Waals surface area contributed by atoms with Crippen molar-refractivity contribution in [2.75, 3.05) is 5.73 Å². The summed E-state index contributed by atoms with van der Waals surface area (Å²) in [5, 5.41) is 17.0. The minimum atomic E-state index is 0.165. The molecule has 0 bridgehead atoms. The summed E-state index contributed by atoms with van der Waals surface area (Å²) < 4.78 is 6.38. The molecule has 7 heteroatoms. The Kier molecular flexibility index (Phi) is 4.90. The first-order chi connectivity index (χ1) is 10.1. The summed E-state index contributed by atoms with van der Waals surface area (Å²) >= 11 is 2.06. The van der Waals surface area contributed by atoms with Gasteiger partial charge in [-0.15, -0.1) is 5.10 Å². The molecule has 0 saturated carbocycles. The highest BCUT2D eigenvalue weighted by atomic mass is 127. The van der Waals surface area contributed by atoms with Crippen molar-refractivity contribution in [3.63, 3.8) is 0 Å². The predicted octanol–water partition coefficient (Wildman–Crippen LogP) is 2.85. The lowest BCUT2D eigenvalue weighted by molar-refractivity contribution is 0.427. The molecule has 108 valence electrons. The van der Waals surface area contributed by atoms with Crippen molar-refractivity contribution >= 4 is 28.3 Å². The zero-order valence-electron chi connectivity index (χ0n) is 11.7. The third kappa shape index (κ3) is 3.39. The lowest BCUT2D eigenvalue weighted by atomic mass is 10.2. The van der Waals surface area contributed by atoms with Crippen LogP contribution in [0.3, 0.4) is 0 Å². The fraction of sp³-hybridized carbons (Fsp3) is 0.286. The molecule has 0 amide bonds. The van der Waals surface area contributed by atoms with Crippen molar-refractivity contribution in [3.05, 3.63) is 32.7 Å². The number of nitrogens with two attached hydrogens (primary N) is 1. The standard InChI is InChI=1S/C14H14IN5O/c1-3-11-12(4-2)19-20-14(18-11)21-13-9(15)5-8(7-16)6-10(13)17/h5-6H,3-4,17H2,1-2H3. The molecule has 0 aliphatic carbocycles. The zero-order valence-corrected chi connectivity index (χ0v) is 13.9. The molecular formula is C14H14IN5O. The second-order valence-corrected chi connectivity index (χ2v) is 5.45. The van der Waals surface area contributed by atoms with Crippen molar-refractivity contribution in [2.45, 2.75) is 26.7 Å².